The predicted octanol–water partition coefficient (Wildman–Crippen LogP) is 1.44. The van der Waals surface area contributed by atoms with Crippen LogP contribution in [0.3, 0.4) is 0 Å². The molecule has 2 aliphatic heterocycles. The smallest absolute Gasteiger partial charge is 0.410 e. The number of urea groups is 1. The lowest BCUT2D eigenvalue weighted by molar-refractivity contribution is -0.144. The Morgan fingerprint density at radius 2 is 1.83 bits per heavy atom. The highest BCUT2D eigenvalue weighted by Gasteiger charge is 2.46. The number of carbonyl (C=O) groups is 4. The van der Waals surface area contributed by atoms with Crippen molar-refractivity contribution in [3.63, 3.8) is 0 Å². The van der Waals surface area contributed by atoms with E-state index in [1.807, 2.05) is 0 Å². The number of hydrogen-bond acceptors (Lipinski definition) is 5. The molecular formula is C16H25N3O5. The van der Waals surface area contributed by atoms with Crippen LogP contribution in [0, 0.1) is 5.92 Å². The first kappa shape index (κ1) is 18.2. The Kier molecular flexibility index (Phi) is 4.87. The third-order valence-corrected chi connectivity index (χ3v) is 3.98. The minimum absolute atomic E-state index is 0.0506. The van der Waals surface area contributed by atoms with Crippen molar-refractivity contribution in [2.75, 3.05) is 19.6 Å². The highest BCUT2D eigenvalue weighted by molar-refractivity contribution is 6.44. The van der Waals surface area contributed by atoms with E-state index in [9.17, 15) is 19.2 Å². The first-order valence-corrected chi connectivity index (χ1v) is 8.18. The quantitative estimate of drug-likeness (QED) is 0.573. The van der Waals surface area contributed by atoms with Crippen LogP contribution in [-0.4, -0.2) is 69.9 Å². The van der Waals surface area contributed by atoms with E-state index in [-0.39, 0.29) is 18.5 Å². The molecule has 0 unspecified atom stereocenters. The van der Waals surface area contributed by atoms with Gasteiger partial charge in [-0.05, 0) is 47.0 Å². The first-order chi connectivity index (χ1) is 11.0. The fraction of sp³-hybridized carbons (Fsp3) is 0.750. The van der Waals surface area contributed by atoms with E-state index in [1.165, 1.54) is 0 Å². The Labute approximate surface area is 141 Å². The molecule has 2 aliphatic rings. The lowest BCUT2D eigenvalue weighted by Gasteiger charge is -2.25. The zero-order chi connectivity index (χ0) is 18.2. The average molecular weight is 339 g/mol. The Morgan fingerprint density at radius 1 is 1.21 bits per heavy atom. The van der Waals surface area contributed by atoms with Crippen molar-refractivity contribution >= 4 is 23.9 Å². The number of rotatable bonds is 3. The second-order valence-corrected chi connectivity index (χ2v) is 7.55. The van der Waals surface area contributed by atoms with E-state index in [2.05, 4.69) is 0 Å². The summed E-state index contributed by atoms with van der Waals surface area (Å²) in [6.45, 7) is 9.83. The molecule has 8 nitrogen and oxygen atoms in total. The molecule has 1 atom stereocenters. The van der Waals surface area contributed by atoms with Gasteiger partial charge in [-0.2, -0.15) is 0 Å². The molecule has 2 fully saturated rings. The second kappa shape index (κ2) is 6.41. The standard InChI is InChI=1S/C16H25N3O5/c1-10(2)19-13(21)12(20)18(14(19)22)9-11-6-7-17(8-11)15(23)24-16(3,4)5/h10-11H,6-9H2,1-5H3/t11-/m1/s1. The first-order valence-electron chi connectivity index (χ1n) is 8.18. The fourth-order valence-electron chi connectivity index (χ4n) is 2.87. The summed E-state index contributed by atoms with van der Waals surface area (Å²) in [5.74, 6) is -1.62. The zero-order valence-corrected chi connectivity index (χ0v) is 14.9. The summed E-state index contributed by atoms with van der Waals surface area (Å²) in [7, 11) is 0. The molecule has 0 saturated carbocycles. The third-order valence-electron chi connectivity index (χ3n) is 3.98. The van der Waals surface area contributed by atoms with Gasteiger partial charge in [0.1, 0.15) is 5.60 Å². The van der Waals surface area contributed by atoms with Crippen LogP contribution in [0.5, 0.6) is 0 Å². The Bertz CT molecular complexity index is 567. The lowest BCUT2D eigenvalue weighted by atomic mass is 10.1. The molecule has 2 rings (SSSR count). The van der Waals surface area contributed by atoms with Crippen LogP contribution >= 0.6 is 0 Å². The molecule has 0 aromatic carbocycles. The summed E-state index contributed by atoms with van der Waals surface area (Å²) in [4.78, 5) is 51.8. The van der Waals surface area contributed by atoms with Gasteiger partial charge in [0.05, 0.1) is 0 Å². The minimum Gasteiger partial charge on any atom is -0.444 e. The largest absolute Gasteiger partial charge is 0.444 e. The molecule has 2 saturated heterocycles. The van der Waals surface area contributed by atoms with Crippen molar-refractivity contribution in [1.82, 2.24) is 14.7 Å². The van der Waals surface area contributed by atoms with E-state index in [0.29, 0.717) is 19.5 Å². The van der Waals surface area contributed by atoms with Crippen LogP contribution in [0.2, 0.25) is 0 Å². The molecule has 0 radical (unpaired) electrons. The molecule has 2 heterocycles. The van der Waals surface area contributed by atoms with Crippen LogP contribution in [0.1, 0.15) is 41.0 Å². The van der Waals surface area contributed by atoms with E-state index in [4.69, 9.17) is 4.74 Å². The maximum atomic E-state index is 12.3. The number of hydrogen-bond donors (Lipinski definition) is 0. The lowest BCUT2D eigenvalue weighted by Crippen LogP contribution is -2.40. The molecule has 0 spiro atoms. The number of amides is 5. The zero-order valence-electron chi connectivity index (χ0n) is 14.9. The summed E-state index contributed by atoms with van der Waals surface area (Å²) >= 11 is 0. The molecule has 0 aromatic heterocycles. The highest BCUT2D eigenvalue weighted by Crippen LogP contribution is 2.23. The van der Waals surface area contributed by atoms with E-state index in [1.54, 1.807) is 39.5 Å². The van der Waals surface area contributed by atoms with Crippen LogP contribution in [-0.2, 0) is 14.3 Å². The van der Waals surface area contributed by atoms with Gasteiger partial charge in [-0.1, -0.05) is 0 Å². The van der Waals surface area contributed by atoms with Crippen molar-refractivity contribution in [2.45, 2.75) is 52.7 Å². The van der Waals surface area contributed by atoms with Gasteiger partial charge in [0, 0.05) is 25.7 Å². The van der Waals surface area contributed by atoms with Crippen LogP contribution in [0.15, 0.2) is 0 Å². The highest BCUT2D eigenvalue weighted by atomic mass is 16.6. The molecule has 0 N–H and O–H groups in total. The minimum atomic E-state index is -0.788. The number of nitrogens with zero attached hydrogens (tertiary/aromatic N) is 3. The van der Waals surface area contributed by atoms with Crippen molar-refractivity contribution in [2.24, 2.45) is 5.92 Å². The molecule has 0 aliphatic carbocycles. The van der Waals surface area contributed by atoms with Crippen molar-refractivity contribution in [1.29, 1.82) is 0 Å². The van der Waals surface area contributed by atoms with Crippen LogP contribution in [0.25, 0.3) is 0 Å². The van der Waals surface area contributed by atoms with Gasteiger partial charge in [0.25, 0.3) is 0 Å². The third kappa shape index (κ3) is 3.68. The van der Waals surface area contributed by atoms with Crippen LogP contribution in [0.4, 0.5) is 9.59 Å². The molecular weight excluding hydrogens is 314 g/mol. The van der Waals surface area contributed by atoms with Gasteiger partial charge in [0.2, 0.25) is 0 Å². The van der Waals surface area contributed by atoms with Gasteiger partial charge in [-0.3, -0.25) is 19.4 Å². The van der Waals surface area contributed by atoms with Crippen molar-refractivity contribution < 1.29 is 23.9 Å². The van der Waals surface area contributed by atoms with Gasteiger partial charge in [-0.25, -0.2) is 9.59 Å². The Morgan fingerprint density at radius 3 is 2.33 bits per heavy atom. The molecule has 24 heavy (non-hydrogen) atoms. The summed E-state index contributed by atoms with van der Waals surface area (Å²) < 4.78 is 5.32. The van der Waals surface area contributed by atoms with Crippen LogP contribution < -0.4 is 0 Å². The monoisotopic (exact) mass is 339 g/mol. The van der Waals surface area contributed by atoms with E-state index in [0.717, 1.165) is 9.80 Å². The summed E-state index contributed by atoms with van der Waals surface area (Å²) in [5.41, 5.74) is -0.569. The van der Waals surface area contributed by atoms with E-state index < -0.39 is 29.5 Å². The van der Waals surface area contributed by atoms with Gasteiger partial charge < -0.3 is 9.64 Å². The number of likely N-dealkylation sites (tertiary alicyclic amines) is 1. The maximum absolute atomic E-state index is 12.3. The summed E-state index contributed by atoms with van der Waals surface area (Å²) in [6.07, 6.45) is 0.260. The topological polar surface area (TPSA) is 87.2 Å². The second-order valence-electron chi connectivity index (χ2n) is 7.55. The molecule has 8 heteroatoms. The molecule has 134 valence electrons. The van der Waals surface area contributed by atoms with Gasteiger partial charge in [-0.15, -0.1) is 0 Å². The normalized spacial score (nSPS) is 22.2. The van der Waals surface area contributed by atoms with Gasteiger partial charge in [0.15, 0.2) is 0 Å². The average Bonchev–Trinajstić information content (AvgIpc) is 2.97. The molecule has 0 aromatic rings. The van der Waals surface area contributed by atoms with Crippen molar-refractivity contribution in [3.05, 3.63) is 0 Å². The van der Waals surface area contributed by atoms with Gasteiger partial charge >= 0.3 is 23.9 Å². The fourth-order valence-corrected chi connectivity index (χ4v) is 2.87. The number of imide groups is 2. The Hall–Kier alpha value is -2.12. The van der Waals surface area contributed by atoms with E-state index >= 15 is 0 Å². The maximum Gasteiger partial charge on any atom is 0.410 e. The molecule has 0 bridgehead atoms. The van der Waals surface area contributed by atoms with Crippen molar-refractivity contribution in [3.8, 4) is 0 Å². The summed E-state index contributed by atoms with van der Waals surface area (Å²) in [6, 6.07) is -0.934. The number of ether oxygens (including phenoxy) is 1. The predicted molar refractivity (Wildman–Crippen MR) is 85.0 cm³/mol. The Balaban J connectivity index is 1.96. The number of carbonyl (C=O) groups excluding carboxylic acids is 4. The molecule has 5 amide bonds. The SMILES string of the molecule is CC(C)N1C(=O)C(=O)N(C[C@@H]2CCN(C(=O)OC(C)(C)C)C2)C1=O. The summed E-state index contributed by atoms with van der Waals surface area (Å²) in [5, 5.41) is 0.